The maximum Gasteiger partial charge on any atom is 0.319 e. The summed E-state index contributed by atoms with van der Waals surface area (Å²) in [5, 5.41) is 7.09. The molecule has 0 saturated carbocycles. The molecule has 7 nitrogen and oxygen atoms in total. The molecule has 3 rings (SSSR count). The van der Waals surface area contributed by atoms with E-state index >= 15 is 0 Å². The maximum absolute atomic E-state index is 12.1. The highest BCUT2D eigenvalue weighted by Gasteiger charge is 2.43. The lowest BCUT2D eigenvalue weighted by molar-refractivity contribution is -0.143. The molecule has 1 atom stereocenters. The molecule has 4 N–H and O–H groups in total. The van der Waals surface area contributed by atoms with Crippen LogP contribution in [0, 0.1) is 5.92 Å². The van der Waals surface area contributed by atoms with Crippen molar-refractivity contribution in [3.8, 4) is 5.75 Å². The topological polar surface area (TPSA) is 100 Å². The molecule has 39 heavy (non-hydrogen) atoms. The van der Waals surface area contributed by atoms with Gasteiger partial charge in [-0.25, -0.2) is 0 Å². The molecule has 0 spiro atoms. The van der Waals surface area contributed by atoms with Crippen LogP contribution in [0.25, 0.3) is 0 Å². The summed E-state index contributed by atoms with van der Waals surface area (Å²) in [6.07, 6.45) is 5.86. The Balaban J connectivity index is 2.03. The van der Waals surface area contributed by atoms with E-state index in [2.05, 4.69) is 36.6 Å². The van der Waals surface area contributed by atoms with Crippen LogP contribution in [0.5, 0.6) is 5.75 Å². The fraction of sp³-hybridized carbons (Fsp3) is 0.581. The van der Waals surface area contributed by atoms with Gasteiger partial charge in [0.1, 0.15) is 5.75 Å². The zero-order valence-electron chi connectivity index (χ0n) is 24.3. The van der Waals surface area contributed by atoms with Gasteiger partial charge in [0.15, 0.2) is 0 Å². The van der Waals surface area contributed by atoms with Crippen molar-refractivity contribution in [2.75, 3.05) is 26.0 Å². The van der Waals surface area contributed by atoms with Gasteiger partial charge in [-0.2, -0.15) is 10.6 Å². The van der Waals surface area contributed by atoms with E-state index in [4.69, 9.17) is 9.47 Å². The normalized spacial score (nSPS) is 18.7. The number of hydrogen-bond acceptors (Lipinski definition) is 7. The second-order valence-corrected chi connectivity index (χ2v) is 13.2. The summed E-state index contributed by atoms with van der Waals surface area (Å²) in [5.41, 5.74) is 2.27. The first-order valence-electron chi connectivity index (χ1n) is 14.3. The fourth-order valence-corrected chi connectivity index (χ4v) is 7.49. The van der Waals surface area contributed by atoms with Crippen molar-refractivity contribution in [2.45, 2.75) is 89.2 Å². The first kappa shape index (κ1) is 31.4. The Bertz CT molecular complexity index is 1050. The van der Waals surface area contributed by atoms with E-state index in [1.165, 1.54) is 0 Å². The van der Waals surface area contributed by atoms with Crippen LogP contribution in [0.1, 0.15) is 89.0 Å². The summed E-state index contributed by atoms with van der Waals surface area (Å²) in [6.45, 7) is 9.13. The lowest BCUT2D eigenvalue weighted by atomic mass is 9.86. The van der Waals surface area contributed by atoms with Crippen LogP contribution in [0.2, 0.25) is 0 Å². The van der Waals surface area contributed by atoms with Gasteiger partial charge in [0.25, 0.3) is 0 Å². The molecule has 0 bridgehead atoms. The Morgan fingerprint density at radius 2 is 1.79 bits per heavy atom. The molecular weight excluding hydrogens is 512 g/mol. The van der Waals surface area contributed by atoms with Gasteiger partial charge in [-0.3, -0.25) is 19.2 Å². The van der Waals surface area contributed by atoms with Crippen molar-refractivity contribution in [3.05, 3.63) is 59.2 Å². The highest BCUT2D eigenvalue weighted by atomic mass is 32.3. The van der Waals surface area contributed by atoms with Crippen LogP contribution < -0.4 is 15.4 Å². The number of nitrogens with one attached hydrogen (secondary N) is 2. The molecule has 1 heterocycles. The second kappa shape index (κ2) is 14.5. The molecule has 0 radical (unpaired) electrons. The Morgan fingerprint density at radius 3 is 2.38 bits per heavy atom. The molecule has 0 aliphatic carbocycles. The van der Waals surface area contributed by atoms with Gasteiger partial charge in [0.05, 0.1) is 37.0 Å². The van der Waals surface area contributed by atoms with Crippen LogP contribution >= 0.6 is 10.6 Å². The number of ether oxygens (including phenoxy) is 2. The molecule has 2 aromatic carbocycles. The number of methoxy groups -OCH3 is 1. The van der Waals surface area contributed by atoms with Crippen LogP contribution in [-0.4, -0.2) is 46.6 Å². The Labute approximate surface area is 236 Å². The minimum Gasteiger partial charge on any atom is -0.496 e. The molecule has 8 heteroatoms. The van der Waals surface area contributed by atoms with E-state index in [9.17, 15) is 13.9 Å². The summed E-state index contributed by atoms with van der Waals surface area (Å²) in [5.74, 6) is 0.879. The Hall–Kier alpha value is -2.10. The van der Waals surface area contributed by atoms with Gasteiger partial charge >= 0.3 is 5.97 Å². The standard InChI is InChI=1S/C31H48N2O5S/c1-6-8-15-31(16-9-7-2)22-39(35,36)28-17-25(19-32-20-29(34)38-21-23(3)4)27(37-5)18-26(28)30(33-31)24-13-11-10-12-14-24/h10-14,17-18,23,30,32-33,35-36H,6-9,15-16,19-22H2,1-5H3. The summed E-state index contributed by atoms with van der Waals surface area (Å²) in [7, 11) is -1.51. The molecule has 0 saturated heterocycles. The van der Waals surface area contributed by atoms with Crippen LogP contribution in [-0.2, 0) is 16.1 Å². The zero-order chi connectivity index (χ0) is 28.5. The number of carbonyl (C=O) groups is 1. The number of benzene rings is 2. The predicted octanol–water partition coefficient (Wildman–Crippen LogP) is 6.91. The van der Waals surface area contributed by atoms with E-state index in [0.717, 1.165) is 55.2 Å². The number of fused-ring (bicyclic) bond motifs is 1. The van der Waals surface area contributed by atoms with Gasteiger partial charge in [0, 0.05) is 23.2 Å². The van der Waals surface area contributed by atoms with Crippen molar-refractivity contribution < 1.29 is 23.4 Å². The van der Waals surface area contributed by atoms with Crippen molar-refractivity contribution in [2.24, 2.45) is 5.92 Å². The van der Waals surface area contributed by atoms with E-state index in [1.54, 1.807) is 7.11 Å². The lowest BCUT2D eigenvalue weighted by Gasteiger charge is -2.42. The number of carbonyl (C=O) groups excluding carboxylic acids is 1. The van der Waals surface area contributed by atoms with Crippen molar-refractivity contribution in [1.29, 1.82) is 0 Å². The van der Waals surface area contributed by atoms with Gasteiger partial charge in [0.2, 0.25) is 0 Å². The smallest absolute Gasteiger partial charge is 0.319 e. The fourth-order valence-electron chi connectivity index (χ4n) is 5.31. The monoisotopic (exact) mass is 560 g/mol. The van der Waals surface area contributed by atoms with Crippen molar-refractivity contribution in [1.82, 2.24) is 10.6 Å². The lowest BCUT2D eigenvalue weighted by Crippen LogP contribution is -2.50. The largest absolute Gasteiger partial charge is 0.496 e. The van der Waals surface area contributed by atoms with Gasteiger partial charge in [-0.1, -0.05) is 83.7 Å². The minimum absolute atomic E-state index is 0.0640. The molecule has 2 aromatic rings. The number of esters is 1. The highest BCUT2D eigenvalue weighted by molar-refractivity contribution is 8.24. The maximum atomic E-state index is 12.1. The summed E-state index contributed by atoms with van der Waals surface area (Å²) in [4.78, 5) is 12.7. The molecule has 1 aliphatic rings. The van der Waals surface area contributed by atoms with E-state index in [-0.39, 0.29) is 30.2 Å². The SMILES string of the molecule is CCCCC1(CCCC)CS(O)(O)c2cc(CNCC(=O)OCC(C)C)c(OC)cc2C(c2ccccc2)N1. The van der Waals surface area contributed by atoms with Gasteiger partial charge in [-0.15, -0.1) is 0 Å². The molecule has 1 aliphatic heterocycles. The average Bonchev–Trinajstić information content (AvgIpc) is 3.01. The molecule has 218 valence electrons. The van der Waals surface area contributed by atoms with Gasteiger partial charge < -0.3 is 14.8 Å². The van der Waals surface area contributed by atoms with Gasteiger partial charge in [-0.05, 0) is 36.5 Å². The molecule has 0 aromatic heterocycles. The number of hydrogen-bond donors (Lipinski definition) is 4. The third kappa shape index (κ3) is 8.44. The first-order valence-corrected chi connectivity index (χ1v) is 16.0. The third-order valence-electron chi connectivity index (χ3n) is 7.32. The minimum atomic E-state index is -3.13. The zero-order valence-corrected chi connectivity index (χ0v) is 25.1. The Kier molecular flexibility index (Phi) is 11.7. The summed E-state index contributed by atoms with van der Waals surface area (Å²) >= 11 is 0. The molecule has 1 unspecified atom stereocenters. The highest BCUT2D eigenvalue weighted by Crippen LogP contribution is 2.58. The second-order valence-electron chi connectivity index (χ2n) is 11.2. The van der Waals surface area contributed by atoms with Crippen molar-refractivity contribution in [3.63, 3.8) is 0 Å². The predicted molar refractivity (Wildman–Crippen MR) is 160 cm³/mol. The van der Waals surface area contributed by atoms with Crippen LogP contribution in [0.3, 0.4) is 0 Å². The van der Waals surface area contributed by atoms with Crippen LogP contribution in [0.4, 0.5) is 0 Å². The summed E-state index contributed by atoms with van der Waals surface area (Å²) in [6, 6.07) is 13.8. The van der Waals surface area contributed by atoms with E-state index < -0.39 is 16.1 Å². The van der Waals surface area contributed by atoms with Crippen molar-refractivity contribution >= 4 is 16.6 Å². The molecule has 0 fully saturated rings. The molecular formula is C31H48N2O5S. The first-order chi connectivity index (χ1) is 18.6. The summed E-state index contributed by atoms with van der Waals surface area (Å²) < 4.78 is 34.6. The quantitative estimate of drug-likeness (QED) is 0.186. The molecule has 0 amide bonds. The number of unbranched alkanes of at least 4 members (excludes halogenated alkanes) is 2. The van der Waals surface area contributed by atoms with E-state index in [1.807, 2.05) is 44.2 Å². The van der Waals surface area contributed by atoms with E-state index in [0.29, 0.717) is 23.8 Å². The third-order valence-corrected chi connectivity index (χ3v) is 9.33. The average molecular weight is 561 g/mol. The van der Waals surface area contributed by atoms with Crippen LogP contribution in [0.15, 0.2) is 47.4 Å². The number of rotatable bonds is 14. The Morgan fingerprint density at radius 1 is 1.13 bits per heavy atom.